The normalized spacial score (nSPS) is 12.9. The fourth-order valence-electron chi connectivity index (χ4n) is 1.77. The van der Waals surface area contributed by atoms with Crippen LogP contribution in [-0.4, -0.2) is 26.1 Å². The monoisotopic (exact) mass is 298 g/mol. The third-order valence-electron chi connectivity index (χ3n) is 3.25. The molecule has 0 aliphatic carbocycles. The number of anilines is 1. The van der Waals surface area contributed by atoms with Gasteiger partial charge in [0.2, 0.25) is 5.91 Å². The van der Waals surface area contributed by atoms with Crippen LogP contribution in [0, 0.1) is 6.92 Å². The first-order valence-corrected chi connectivity index (χ1v) is 8.23. The van der Waals surface area contributed by atoms with E-state index in [2.05, 4.69) is 5.32 Å². The van der Waals surface area contributed by atoms with E-state index in [-0.39, 0.29) is 10.6 Å². The molecule has 20 heavy (non-hydrogen) atoms. The number of para-hydroxylation sites is 1. The molecular weight excluding hydrogens is 276 g/mol. The number of amides is 1. The van der Waals surface area contributed by atoms with E-state index >= 15 is 0 Å². The van der Waals surface area contributed by atoms with Crippen molar-refractivity contribution in [3.63, 3.8) is 0 Å². The van der Waals surface area contributed by atoms with Crippen molar-refractivity contribution >= 4 is 21.4 Å². The number of hydrogen-bond acceptors (Lipinski definition) is 4. The van der Waals surface area contributed by atoms with Crippen molar-refractivity contribution in [1.29, 1.82) is 0 Å². The SMILES string of the molecule is CCCCNC(=O)C(C)S(=O)(=O)c1cccc(C)c1N. The number of aryl methyl sites for hydroxylation is 1. The average Bonchev–Trinajstić information content (AvgIpc) is 2.40. The number of sulfone groups is 1. The van der Waals surface area contributed by atoms with Gasteiger partial charge in [-0.15, -0.1) is 0 Å². The van der Waals surface area contributed by atoms with Crippen LogP contribution in [0.3, 0.4) is 0 Å². The van der Waals surface area contributed by atoms with Crippen molar-refractivity contribution in [2.75, 3.05) is 12.3 Å². The molecule has 1 aromatic carbocycles. The van der Waals surface area contributed by atoms with Crippen molar-refractivity contribution in [2.45, 2.75) is 43.8 Å². The Labute approximate surface area is 120 Å². The summed E-state index contributed by atoms with van der Waals surface area (Å²) in [5.41, 5.74) is 6.71. The molecule has 6 heteroatoms. The Morgan fingerprint density at radius 2 is 2.05 bits per heavy atom. The average molecular weight is 298 g/mol. The molecule has 0 heterocycles. The minimum absolute atomic E-state index is 0.0237. The number of carbonyl (C=O) groups is 1. The fourth-order valence-corrected chi connectivity index (χ4v) is 3.25. The molecule has 0 fully saturated rings. The minimum Gasteiger partial charge on any atom is -0.397 e. The molecule has 1 unspecified atom stereocenters. The molecule has 3 N–H and O–H groups in total. The first-order valence-electron chi connectivity index (χ1n) is 6.69. The lowest BCUT2D eigenvalue weighted by molar-refractivity contribution is -0.120. The first-order chi connectivity index (χ1) is 9.32. The number of benzene rings is 1. The molecule has 1 rings (SSSR count). The van der Waals surface area contributed by atoms with Gasteiger partial charge < -0.3 is 11.1 Å². The van der Waals surface area contributed by atoms with Crippen LogP contribution in [0.1, 0.15) is 32.3 Å². The maximum atomic E-state index is 12.4. The molecule has 1 amide bonds. The van der Waals surface area contributed by atoms with Crippen molar-refractivity contribution in [1.82, 2.24) is 5.32 Å². The van der Waals surface area contributed by atoms with E-state index in [4.69, 9.17) is 5.73 Å². The van der Waals surface area contributed by atoms with Crippen LogP contribution in [0.15, 0.2) is 23.1 Å². The van der Waals surface area contributed by atoms with Crippen LogP contribution in [0.5, 0.6) is 0 Å². The van der Waals surface area contributed by atoms with Crippen LogP contribution in [-0.2, 0) is 14.6 Å². The number of nitrogens with one attached hydrogen (secondary N) is 1. The Bertz CT molecular complexity index is 582. The molecule has 0 bridgehead atoms. The van der Waals surface area contributed by atoms with E-state index in [1.165, 1.54) is 13.0 Å². The maximum absolute atomic E-state index is 12.4. The molecule has 0 saturated carbocycles. The van der Waals surface area contributed by atoms with Gasteiger partial charge in [-0.2, -0.15) is 0 Å². The molecule has 0 aromatic heterocycles. The molecule has 0 spiro atoms. The van der Waals surface area contributed by atoms with Crippen molar-refractivity contribution < 1.29 is 13.2 Å². The van der Waals surface area contributed by atoms with Gasteiger partial charge in [0.15, 0.2) is 9.84 Å². The van der Waals surface area contributed by atoms with Crippen LogP contribution >= 0.6 is 0 Å². The van der Waals surface area contributed by atoms with E-state index in [1.807, 2.05) is 6.92 Å². The predicted molar refractivity (Wildman–Crippen MR) is 80.2 cm³/mol. The molecule has 1 atom stereocenters. The van der Waals surface area contributed by atoms with E-state index in [0.29, 0.717) is 12.1 Å². The second-order valence-corrected chi connectivity index (χ2v) is 7.06. The molecular formula is C14H22N2O3S. The Hall–Kier alpha value is -1.56. The molecule has 112 valence electrons. The fraction of sp³-hybridized carbons (Fsp3) is 0.500. The van der Waals surface area contributed by atoms with Gasteiger partial charge in [0.1, 0.15) is 5.25 Å². The zero-order chi connectivity index (χ0) is 15.3. The van der Waals surface area contributed by atoms with E-state index in [0.717, 1.165) is 12.8 Å². The number of nitrogen functional groups attached to an aromatic ring is 1. The number of nitrogens with two attached hydrogens (primary N) is 1. The van der Waals surface area contributed by atoms with Crippen molar-refractivity contribution in [3.05, 3.63) is 23.8 Å². The van der Waals surface area contributed by atoms with Gasteiger partial charge in [0.25, 0.3) is 0 Å². The van der Waals surface area contributed by atoms with Gasteiger partial charge in [-0.3, -0.25) is 4.79 Å². The molecule has 1 aromatic rings. The second-order valence-electron chi connectivity index (χ2n) is 4.82. The van der Waals surface area contributed by atoms with Gasteiger partial charge in [-0.1, -0.05) is 25.5 Å². The summed E-state index contributed by atoms with van der Waals surface area (Å²) in [6, 6.07) is 4.80. The topological polar surface area (TPSA) is 89.3 Å². The van der Waals surface area contributed by atoms with Crippen molar-refractivity contribution in [2.24, 2.45) is 0 Å². The summed E-state index contributed by atoms with van der Waals surface area (Å²) in [5, 5.41) is 1.48. The highest BCUT2D eigenvalue weighted by Crippen LogP contribution is 2.25. The lowest BCUT2D eigenvalue weighted by Gasteiger charge is -2.15. The van der Waals surface area contributed by atoms with Crippen LogP contribution < -0.4 is 11.1 Å². The highest BCUT2D eigenvalue weighted by molar-refractivity contribution is 7.93. The Morgan fingerprint density at radius 3 is 2.65 bits per heavy atom. The Balaban J connectivity index is 2.98. The largest absolute Gasteiger partial charge is 0.397 e. The summed E-state index contributed by atoms with van der Waals surface area (Å²) in [6.45, 7) is 5.61. The quantitative estimate of drug-likeness (QED) is 0.617. The predicted octanol–water partition coefficient (Wildman–Crippen LogP) is 1.66. The lowest BCUT2D eigenvalue weighted by atomic mass is 10.2. The summed E-state index contributed by atoms with van der Waals surface area (Å²) in [5.74, 6) is -0.487. The zero-order valence-electron chi connectivity index (χ0n) is 12.1. The smallest absolute Gasteiger partial charge is 0.238 e. The summed E-state index contributed by atoms with van der Waals surface area (Å²) in [6.07, 6.45) is 1.76. The van der Waals surface area contributed by atoms with Gasteiger partial charge >= 0.3 is 0 Å². The Morgan fingerprint density at radius 1 is 1.40 bits per heavy atom. The second kappa shape index (κ2) is 6.74. The highest BCUT2D eigenvalue weighted by Gasteiger charge is 2.31. The number of hydrogen-bond donors (Lipinski definition) is 2. The van der Waals surface area contributed by atoms with Crippen LogP contribution in [0.25, 0.3) is 0 Å². The third-order valence-corrected chi connectivity index (χ3v) is 5.37. The Kier molecular flexibility index (Phi) is 5.56. The molecule has 0 aliphatic rings. The molecule has 0 aliphatic heterocycles. The van der Waals surface area contributed by atoms with Gasteiger partial charge in [0, 0.05) is 6.54 Å². The number of rotatable bonds is 6. The first kappa shape index (κ1) is 16.5. The van der Waals surface area contributed by atoms with Gasteiger partial charge in [0.05, 0.1) is 10.6 Å². The van der Waals surface area contributed by atoms with Gasteiger partial charge in [-0.05, 0) is 31.9 Å². The summed E-state index contributed by atoms with van der Waals surface area (Å²) >= 11 is 0. The minimum atomic E-state index is -3.77. The van der Waals surface area contributed by atoms with E-state index in [1.54, 1.807) is 19.1 Å². The van der Waals surface area contributed by atoms with Crippen molar-refractivity contribution in [3.8, 4) is 0 Å². The highest BCUT2D eigenvalue weighted by atomic mass is 32.2. The van der Waals surface area contributed by atoms with E-state index < -0.39 is 21.0 Å². The number of unbranched alkanes of at least 4 members (excludes halogenated alkanes) is 1. The van der Waals surface area contributed by atoms with Crippen LogP contribution in [0.4, 0.5) is 5.69 Å². The maximum Gasteiger partial charge on any atom is 0.238 e. The summed E-state index contributed by atoms with van der Waals surface area (Å²) in [7, 11) is -3.77. The zero-order valence-corrected chi connectivity index (χ0v) is 13.0. The van der Waals surface area contributed by atoms with Crippen LogP contribution in [0.2, 0.25) is 0 Å². The number of carbonyl (C=O) groups excluding carboxylic acids is 1. The molecule has 0 radical (unpaired) electrons. The third kappa shape index (κ3) is 3.50. The standard InChI is InChI=1S/C14H22N2O3S/c1-4-5-9-16-14(17)11(3)20(18,19)12-8-6-7-10(2)13(12)15/h6-8,11H,4-5,9,15H2,1-3H3,(H,16,17). The van der Waals surface area contributed by atoms with Gasteiger partial charge in [-0.25, -0.2) is 8.42 Å². The molecule has 0 saturated heterocycles. The summed E-state index contributed by atoms with van der Waals surface area (Å²) < 4.78 is 24.9. The lowest BCUT2D eigenvalue weighted by Crippen LogP contribution is -2.38. The molecule has 5 nitrogen and oxygen atoms in total. The summed E-state index contributed by atoms with van der Waals surface area (Å²) in [4.78, 5) is 11.9. The van der Waals surface area contributed by atoms with E-state index in [9.17, 15) is 13.2 Å².